The highest BCUT2D eigenvalue weighted by Gasteiger charge is 2.33. The number of carbonyl (C=O) groups excluding carboxylic acids is 1. The van der Waals surface area contributed by atoms with E-state index in [1.807, 2.05) is 0 Å². The smallest absolute Gasteiger partial charge is 0.307 e. The SMILES string of the molecule is COc1ccc(-c2oc3ccc4c(c3c2CC(=O)O)O/C(=C\c2cccc(OC)c2OC)C4=O)cc1. The summed E-state index contributed by atoms with van der Waals surface area (Å²) >= 11 is 0. The van der Waals surface area contributed by atoms with Crippen molar-refractivity contribution in [3.05, 3.63) is 77.0 Å². The monoisotopic (exact) mass is 486 g/mol. The van der Waals surface area contributed by atoms with Crippen molar-refractivity contribution in [2.24, 2.45) is 0 Å². The minimum atomic E-state index is -1.04. The van der Waals surface area contributed by atoms with Crippen LogP contribution in [0.2, 0.25) is 0 Å². The summed E-state index contributed by atoms with van der Waals surface area (Å²) in [5.74, 6) is 1.01. The zero-order valence-corrected chi connectivity index (χ0v) is 19.8. The molecule has 1 N–H and O–H groups in total. The van der Waals surface area contributed by atoms with Crippen molar-refractivity contribution >= 4 is 28.8 Å². The van der Waals surface area contributed by atoms with Crippen molar-refractivity contribution < 1.29 is 38.1 Å². The third-order valence-electron chi connectivity index (χ3n) is 5.99. The van der Waals surface area contributed by atoms with Crippen LogP contribution >= 0.6 is 0 Å². The van der Waals surface area contributed by atoms with Crippen molar-refractivity contribution in [1.82, 2.24) is 0 Å². The molecule has 182 valence electrons. The molecule has 36 heavy (non-hydrogen) atoms. The summed E-state index contributed by atoms with van der Waals surface area (Å²) in [7, 11) is 4.61. The Kier molecular flexibility index (Phi) is 5.85. The lowest BCUT2D eigenvalue weighted by molar-refractivity contribution is -0.136. The van der Waals surface area contributed by atoms with Gasteiger partial charge in [0.1, 0.15) is 22.8 Å². The number of para-hydroxylation sites is 1. The number of ether oxygens (including phenoxy) is 4. The Morgan fingerprint density at radius 2 is 1.75 bits per heavy atom. The molecular weight excluding hydrogens is 464 g/mol. The van der Waals surface area contributed by atoms with E-state index in [-0.39, 0.29) is 23.7 Å². The second-order valence-electron chi connectivity index (χ2n) is 8.05. The van der Waals surface area contributed by atoms with Gasteiger partial charge in [0.05, 0.1) is 38.7 Å². The number of fused-ring (bicyclic) bond motifs is 3. The lowest BCUT2D eigenvalue weighted by Gasteiger charge is -2.10. The van der Waals surface area contributed by atoms with Gasteiger partial charge in [-0.3, -0.25) is 9.59 Å². The van der Waals surface area contributed by atoms with Gasteiger partial charge in [0.15, 0.2) is 17.3 Å². The van der Waals surface area contributed by atoms with E-state index >= 15 is 0 Å². The number of hydrogen-bond donors (Lipinski definition) is 1. The molecule has 0 unspecified atom stereocenters. The molecule has 4 aromatic rings. The number of methoxy groups -OCH3 is 3. The van der Waals surface area contributed by atoms with Gasteiger partial charge in [-0.15, -0.1) is 0 Å². The molecule has 0 amide bonds. The number of ketones is 1. The molecule has 3 aromatic carbocycles. The fourth-order valence-electron chi connectivity index (χ4n) is 4.35. The minimum Gasteiger partial charge on any atom is -0.497 e. The number of carboxylic acid groups (broad SMARTS) is 1. The van der Waals surface area contributed by atoms with Gasteiger partial charge in [-0.1, -0.05) is 12.1 Å². The fraction of sp³-hybridized carbons (Fsp3) is 0.143. The van der Waals surface area contributed by atoms with Gasteiger partial charge in [0.25, 0.3) is 0 Å². The van der Waals surface area contributed by atoms with Crippen molar-refractivity contribution in [2.75, 3.05) is 21.3 Å². The van der Waals surface area contributed by atoms with E-state index in [0.29, 0.717) is 56.2 Å². The molecular formula is C28H22O8. The van der Waals surface area contributed by atoms with E-state index in [0.717, 1.165) is 0 Å². The summed E-state index contributed by atoms with van der Waals surface area (Å²) in [6, 6.07) is 15.7. The molecule has 0 radical (unpaired) electrons. The first-order valence-electron chi connectivity index (χ1n) is 11.0. The summed E-state index contributed by atoms with van der Waals surface area (Å²) in [5.41, 5.74) is 2.44. The summed E-state index contributed by atoms with van der Waals surface area (Å²) in [6.07, 6.45) is 1.27. The Balaban J connectivity index is 1.66. The second-order valence-corrected chi connectivity index (χ2v) is 8.05. The number of carboxylic acids is 1. The van der Waals surface area contributed by atoms with Crippen LogP contribution in [0.5, 0.6) is 23.0 Å². The lowest BCUT2D eigenvalue weighted by Crippen LogP contribution is -2.01. The molecule has 5 rings (SSSR count). The van der Waals surface area contributed by atoms with E-state index in [1.165, 1.54) is 14.2 Å². The van der Waals surface area contributed by atoms with Gasteiger partial charge in [-0.25, -0.2) is 0 Å². The van der Waals surface area contributed by atoms with Crippen LogP contribution in [0.15, 0.2) is 64.8 Å². The van der Waals surface area contributed by atoms with E-state index in [4.69, 9.17) is 23.4 Å². The number of carbonyl (C=O) groups is 2. The number of Topliss-reactive ketones (excluding diaryl/α,β-unsaturated/α-hetero) is 1. The first-order valence-corrected chi connectivity index (χ1v) is 11.0. The zero-order valence-electron chi connectivity index (χ0n) is 19.8. The Morgan fingerprint density at radius 1 is 0.972 bits per heavy atom. The highest BCUT2D eigenvalue weighted by Crippen LogP contribution is 2.45. The average molecular weight is 486 g/mol. The first-order chi connectivity index (χ1) is 17.4. The molecule has 1 aliphatic heterocycles. The maximum Gasteiger partial charge on any atom is 0.307 e. The molecule has 0 saturated carbocycles. The Morgan fingerprint density at radius 3 is 2.42 bits per heavy atom. The van der Waals surface area contributed by atoms with Gasteiger partial charge < -0.3 is 28.5 Å². The molecule has 0 atom stereocenters. The third kappa shape index (κ3) is 3.82. The van der Waals surface area contributed by atoms with E-state index in [9.17, 15) is 14.7 Å². The molecule has 8 nitrogen and oxygen atoms in total. The molecule has 0 bridgehead atoms. The Hall–Kier alpha value is -4.72. The quantitative estimate of drug-likeness (QED) is 0.348. The molecule has 2 heterocycles. The van der Waals surface area contributed by atoms with Crippen LogP contribution in [-0.4, -0.2) is 38.2 Å². The zero-order chi connectivity index (χ0) is 25.4. The van der Waals surface area contributed by atoms with Crippen molar-refractivity contribution in [3.63, 3.8) is 0 Å². The summed E-state index contributed by atoms with van der Waals surface area (Å²) < 4.78 is 28.2. The summed E-state index contributed by atoms with van der Waals surface area (Å²) in [5, 5.41) is 10.1. The van der Waals surface area contributed by atoms with Gasteiger partial charge in [0.2, 0.25) is 5.78 Å². The second kappa shape index (κ2) is 9.14. The molecule has 0 aliphatic carbocycles. The number of benzene rings is 3. The Bertz CT molecular complexity index is 1530. The highest BCUT2D eigenvalue weighted by atomic mass is 16.5. The van der Waals surface area contributed by atoms with Crippen molar-refractivity contribution in [2.45, 2.75) is 6.42 Å². The van der Waals surface area contributed by atoms with Crippen LogP contribution in [0.3, 0.4) is 0 Å². The Labute approximate surface area is 206 Å². The summed E-state index contributed by atoms with van der Waals surface area (Å²) in [6.45, 7) is 0. The van der Waals surface area contributed by atoms with Crippen LogP contribution in [0.1, 0.15) is 21.5 Å². The summed E-state index contributed by atoms with van der Waals surface area (Å²) in [4.78, 5) is 25.0. The van der Waals surface area contributed by atoms with Crippen LogP contribution < -0.4 is 18.9 Å². The number of rotatable bonds is 7. The molecule has 0 spiro atoms. The fourth-order valence-corrected chi connectivity index (χ4v) is 4.35. The normalized spacial score (nSPS) is 13.5. The van der Waals surface area contributed by atoms with Crippen molar-refractivity contribution in [3.8, 4) is 34.3 Å². The predicted molar refractivity (Wildman–Crippen MR) is 132 cm³/mol. The van der Waals surface area contributed by atoms with Crippen LogP contribution in [-0.2, 0) is 11.2 Å². The largest absolute Gasteiger partial charge is 0.497 e. The molecule has 1 aromatic heterocycles. The number of allylic oxidation sites excluding steroid dienone is 1. The first kappa shape index (κ1) is 23.0. The molecule has 0 fully saturated rings. The van der Waals surface area contributed by atoms with E-state index < -0.39 is 5.97 Å². The number of furan rings is 1. The number of aliphatic carboxylic acids is 1. The topological polar surface area (TPSA) is 104 Å². The van der Waals surface area contributed by atoms with Crippen LogP contribution in [0.4, 0.5) is 0 Å². The lowest BCUT2D eigenvalue weighted by atomic mass is 10.00. The molecule has 8 heteroatoms. The predicted octanol–water partition coefficient (Wildman–Crippen LogP) is 5.37. The standard InChI is InChI=1S/C28H22O8/c1-32-17-9-7-15(8-10-17)26-19(14-23(29)30)24-20(35-26)12-11-18-25(31)22(36-28(18)24)13-16-5-4-6-21(33-2)27(16)34-3/h4-13H,14H2,1-3H3,(H,29,30)/b22-13-. The number of hydrogen-bond acceptors (Lipinski definition) is 7. The average Bonchev–Trinajstić information content (AvgIpc) is 3.40. The molecule has 1 aliphatic rings. The molecule has 0 saturated heterocycles. The van der Waals surface area contributed by atoms with Crippen molar-refractivity contribution in [1.29, 1.82) is 0 Å². The van der Waals surface area contributed by atoms with Gasteiger partial charge >= 0.3 is 5.97 Å². The third-order valence-corrected chi connectivity index (χ3v) is 5.99. The van der Waals surface area contributed by atoms with Crippen LogP contribution in [0.25, 0.3) is 28.4 Å². The van der Waals surface area contributed by atoms with Gasteiger partial charge in [-0.05, 0) is 48.5 Å². The van der Waals surface area contributed by atoms with Gasteiger partial charge in [0, 0.05) is 16.7 Å². The van der Waals surface area contributed by atoms with Gasteiger partial charge in [-0.2, -0.15) is 0 Å². The van der Waals surface area contributed by atoms with E-state index in [2.05, 4.69) is 0 Å². The highest BCUT2D eigenvalue weighted by molar-refractivity contribution is 6.18. The minimum absolute atomic E-state index is 0.0810. The maximum absolute atomic E-state index is 13.3. The maximum atomic E-state index is 13.3. The van der Waals surface area contributed by atoms with Crippen LogP contribution in [0, 0.1) is 0 Å². The van der Waals surface area contributed by atoms with E-state index in [1.54, 1.807) is 67.8 Å².